The van der Waals surface area contributed by atoms with E-state index >= 15 is 0 Å². The minimum atomic E-state index is -0.864. The molecule has 1 heterocycles. The van der Waals surface area contributed by atoms with Crippen molar-refractivity contribution in [3.63, 3.8) is 0 Å². The molecule has 0 radical (unpaired) electrons. The van der Waals surface area contributed by atoms with Crippen LogP contribution < -0.4 is 0 Å². The maximum absolute atomic E-state index is 11.2. The van der Waals surface area contributed by atoms with Gasteiger partial charge in [-0.1, -0.05) is 0 Å². The highest BCUT2D eigenvalue weighted by Gasteiger charge is 2.01. The fraction of sp³-hybridized carbons (Fsp3) is 0.333. The van der Waals surface area contributed by atoms with Gasteiger partial charge in [0.1, 0.15) is 0 Å². The highest BCUT2D eigenvalue weighted by atomic mass is 32.2. The Kier molecular flexibility index (Phi) is 4.22. The summed E-state index contributed by atoms with van der Waals surface area (Å²) in [6.45, 7) is 2.07. The zero-order valence-corrected chi connectivity index (χ0v) is 10.3. The molecule has 1 unspecified atom stereocenters. The molecule has 0 amide bonds. The molecule has 0 aliphatic rings. The molecule has 1 aromatic rings. The van der Waals surface area contributed by atoms with Crippen molar-refractivity contribution < 1.29 is 4.21 Å². The van der Waals surface area contributed by atoms with E-state index in [-0.39, 0.29) is 0 Å². The molecule has 1 atom stereocenters. The first kappa shape index (κ1) is 11.0. The maximum Gasteiger partial charge on any atom is 0.0724 e. The second kappa shape index (κ2) is 4.98. The van der Waals surface area contributed by atoms with Crippen LogP contribution in [0.5, 0.6) is 0 Å². The Morgan fingerprint density at radius 3 is 2.69 bits per heavy atom. The Balaban J connectivity index is 2.91. The molecular formula is C9H12OS3. The number of aryl methyl sites for hydroxylation is 1. The van der Waals surface area contributed by atoms with E-state index in [1.54, 1.807) is 29.4 Å². The van der Waals surface area contributed by atoms with Crippen molar-refractivity contribution in [1.82, 2.24) is 0 Å². The maximum atomic E-state index is 11.2. The van der Waals surface area contributed by atoms with Crippen LogP contribution in [-0.2, 0) is 10.8 Å². The van der Waals surface area contributed by atoms with Crippen LogP contribution in [0.4, 0.5) is 0 Å². The largest absolute Gasteiger partial charge is 0.254 e. The number of rotatable bonds is 3. The van der Waals surface area contributed by atoms with E-state index in [2.05, 4.69) is 19.1 Å². The molecule has 4 heteroatoms. The molecule has 0 aliphatic heterocycles. The Labute approximate surface area is 89.7 Å². The first-order valence-electron chi connectivity index (χ1n) is 3.79. The third-order valence-electron chi connectivity index (χ3n) is 1.51. The Morgan fingerprint density at radius 2 is 2.31 bits per heavy atom. The molecule has 0 spiro atoms. The van der Waals surface area contributed by atoms with Gasteiger partial charge in [0.05, 0.1) is 15.0 Å². The average Bonchev–Trinajstić information content (AvgIpc) is 2.46. The molecule has 0 aliphatic carbocycles. The van der Waals surface area contributed by atoms with Gasteiger partial charge in [0.15, 0.2) is 0 Å². The van der Waals surface area contributed by atoms with Gasteiger partial charge in [0, 0.05) is 16.0 Å². The number of thiophene rings is 1. The zero-order valence-electron chi connectivity index (χ0n) is 7.87. The van der Waals surface area contributed by atoms with Crippen molar-refractivity contribution in [2.24, 2.45) is 0 Å². The van der Waals surface area contributed by atoms with Gasteiger partial charge in [-0.2, -0.15) is 0 Å². The molecule has 1 aromatic heterocycles. The Bertz CT molecular complexity index is 338. The van der Waals surface area contributed by atoms with Gasteiger partial charge in [-0.05, 0) is 31.4 Å². The predicted octanol–water partition coefficient (Wildman–Crippen LogP) is 3.10. The van der Waals surface area contributed by atoms with Gasteiger partial charge < -0.3 is 0 Å². The third kappa shape index (κ3) is 3.29. The molecule has 0 fully saturated rings. The van der Waals surface area contributed by atoms with E-state index in [0.29, 0.717) is 0 Å². The molecule has 0 bridgehead atoms. The van der Waals surface area contributed by atoms with E-state index in [4.69, 9.17) is 0 Å². The lowest BCUT2D eigenvalue weighted by atomic mass is 10.4. The van der Waals surface area contributed by atoms with Crippen LogP contribution in [0.25, 0.3) is 6.08 Å². The summed E-state index contributed by atoms with van der Waals surface area (Å²) in [6.07, 6.45) is 5.66. The van der Waals surface area contributed by atoms with Gasteiger partial charge in [-0.25, -0.2) is 0 Å². The molecule has 72 valence electrons. The topological polar surface area (TPSA) is 17.1 Å². The second-order valence-electron chi connectivity index (χ2n) is 2.57. The lowest BCUT2D eigenvalue weighted by molar-refractivity contribution is 0.691. The smallest absolute Gasteiger partial charge is 0.0724 e. The first-order chi connectivity index (χ1) is 6.13. The summed E-state index contributed by atoms with van der Waals surface area (Å²) in [7, 11) is -0.864. The number of thioether (sulfide) groups is 1. The summed E-state index contributed by atoms with van der Waals surface area (Å²) in [5.74, 6) is 0. The molecular weight excluding hydrogens is 220 g/mol. The summed E-state index contributed by atoms with van der Waals surface area (Å²) >= 11 is 3.27. The van der Waals surface area contributed by atoms with E-state index < -0.39 is 10.8 Å². The van der Waals surface area contributed by atoms with Crippen LogP contribution in [0.2, 0.25) is 0 Å². The summed E-state index contributed by atoms with van der Waals surface area (Å²) < 4.78 is 12.1. The molecule has 1 rings (SSSR count). The minimum absolute atomic E-state index is 0.864. The third-order valence-corrected chi connectivity index (χ3v) is 4.86. The van der Waals surface area contributed by atoms with E-state index in [1.807, 2.05) is 12.3 Å². The highest BCUT2D eigenvalue weighted by Crippen LogP contribution is 2.23. The van der Waals surface area contributed by atoms with Crippen LogP contribution in [0, 0.1) is 6.92 Å². The monoisotopic (exact) mass is 232 g/mol. The number of hydrogen-bond acceptors (Lipinski definition) is 3. The van der Waals surface area contributed by atoms with Gasteiger partial charge in [0.25, 0.3) is 0 Å². The molecule has 0 N–H and O–H groups in total. The van der Waals surface area contributed by atoms with Gasteiger partial charge in [-0.3, -0.25) is 4.21 Å². The van der Waals surface area contributed by atoms with Crippen molar-refractivity contribution in [3.8, 4) is 0 Å². The fourth-order valence-electron chi connectivity index (χ4n) is 0.906. The normalized spacial score (nSPS) is 14.5. The van der Waals surface area contributed by atoms with Crippen molar-refractivity contribution in [2.75, 3.05) is 12.5 Å². The second-order valence-corrected chi connectivity index (χ2v) is 6.34. The fourth-order valence-corrected chi connectivity index (χ4v) is 3.35. The molecule has 1 nitrogen and oxygen atoms in total. The van der Waals surface area contributed by atoms with Crippen LogP contribution in [0.1, 0.15) is 9.75 Å². The van der Waals surface area contributed by atoms with E-state index in [9.17, 15) is 4.21 Å². The van der Waals surface area contributed by atoms with Gasteiger partial charge in [-0.15, -0.1) is 23.1 Å². The average molecular weight is 232 g/mol. The molecule has 0 saturated heterocycles. The van der Waals surface area contributed by atoms with E-state index in [0.717, 1.165) is 4.24 Å². The van der Waals surface area contributed by atoms with Crippen molar-refractivity contribution in [3.05, 3.63) is 26.1 Å². The lowest BCUT2D eigenvalue weighted by Crippen LogP contribution is -1.85. The van der Waals surface area contributed by atoms with Crippen LogP contribution in [-0.4, -0.2) is 16.7 Å². The summed E-state index contributed by atoms with van der Waals surface area (Å²) in [4.78, 5) is 2.46. The summed E-state index contributed by atoms with van der Waals surface area (Å²) in [5, 5.41) is 0. The molecule has 0 aromatic carbocycles. The highest BCUT2D eigenvalue weighted by molar-refractivity contribution is 8.16. The Morgan fingerprint density at radius 1 is 1.62 bits per heavy atom. The van der Waals surface area contributed by atoms with Crippen LogP contribution in [0.15, 0.2) is 16.4 Å². The van der Waals surface area contributed by atoms with E-state index in [1.165, 1.54) is 9.75 Å². The standard InChI is InChI=1S/C9H12OS3/c1-7-4-5-8(12-7)6-9(11-2)13(3)10/h4-6H,1-3H3/b9-6-. The molecule has 13 heavy (non-hydrogen) atoms. The lowest BCUT2D eigenvalue weighted by Gasteiger charge is -1.96. The van der Waals surface area contributed by atoms with Gasteiger partial charge in [0.2, 0.25) is 0 Å². The van der Waals surface area contributed by atoms with Crippen LogP contribution in [0.3, 0.4) is 0 Å². The van der Waals surface area contributed by atoms with Crippen molar-refractivity contribution in [2.45, 2.75) is 6.92 Å². The molecule has 0 saturated carbocycles. The zero-order chi connectivity index (χ0) is 9.84. The number of hydrogen-bond donors (Lipinski definition) is 0. The summed E-state index contributed by atoms with van der Waals surface area (Å²) in [5.41, 5.74) is 0. The van der Waals surface area contributed by atoms with Crippen LogP contribution >= 0.6 is 23.1 Å². The van der Waals surface area contributed by atoms with Gasteiger partial charge >= 0.3 is 0 Å². The minimum Gasteiger partial charge on any atom is -0.254 e. The Hall–Kier alpha value is -0.0600. The predicted molar refractivity (Wildman–Crippen MR) is 64.6 cm³/mol. The van der Waals surface area contributed by atoms with Crippen molar-refractivity contribution in [1.29, 1.82) is 0 Å². The SMILES string of the molecule is CS/C(=C/c1ccc(C)s1)S(C)=O. The van der Waals surface area contributed by atoms with Crippen molar-refractivity contribution >= 4 is 40.0 Å². The quantitative estimate of drug-likeness (QED) is 0.796. The first-order valence-corrected chi connectivity index (χ1v) is 7.39. The summed E-state index contributed by atoms with van der Waals surface area (Å²) in [6, 6.07) is 4.14.